The molecule has 1 heteroatoms. The van der Waals surface area contributed by atoms with E-state index in [0.29, 0.717) is 11.7 Å². The first kappa shape index (κ1) is 28.6. The summed E-state index contributed by atoms with van der Waals surface area (Å²) in [6.07, 6.45) is 13.3. The lowest BCUT2D eigenvalue weighted by atomic mass is 9.43. The van der Waals surface area contributed by atoms with Crippen LogP contribution in [-0.4, -0.2) is 5.78 Å². The van der Waals surface area contributed by atoms with Crippen molar-refractivity contribution in [2.24, 2.45) is 195 Å². The minimum Gasteiger partial charge on any atom is -0.289 e. The van der Waals surface area contributed by atoms with Crippen molar-refractivity contribution in [1.29, 1.82) is 0 Å². The molecule has 0 heterocycles. The highest BCUT2D eigenvalue weighted by Gasteiger charge is 2.91. The zero-order valence-corrected chi connectivity index (χ0v) is 32.8. The molecule has 30 atom stereocenters. The summed E-state index contributed by atoms with van der Waals surface area (Å²) < 4.78 is 0. The van der Waals surface area contributed by atoms with Crippen molar-refractivity contribution in [3.8, 4) is 0 Å². The summed E-state index contributed by atoms with van der Waals surface area (Å²) in [4.78, 5) is 14.2. The molecule has 1 nitrogen and oxygen atoms in total. The van der Waals surface area contributed by atoms with Crippen LogP contribution in [0, 0.1) is 195 Å². The quantitative estimate of drug-likeness (QED) is 0.285. The molecule has 0 N–H and O–H groups in total. The van der Waals surface area contributed by atoms with Crippen LogP contribution in [0.15, 0.2) is 48.5 Å². The Kier molecular flexibility index (Phi) is 4.28. The van der Waals surface area contributed by atoms with Crippen LogP contribution in [0.5, 0.6) is 0 Å². The molecule has 0 bridgehead atoms. The van der Waals surface area contributed by atoms with Crippen LogP contribution in [0.2, 0.25) is 0 Å². The van der Waals surface area contributed by atoms with E-state index in [-0.39, 0.29) is 0 Å². The molecule has 2 aromatic carbocycles. The highest BCUT2D eigenvalue weighted by Crippen LogP contribution is 2.95. The molecule has 0 saturated heterocycles. The van der Waals surface area contributed by atoms with Crippen LogP contribution in [0.3, 0.4) is 0 Å². The molecule has 0 amide bonds. The molecule has 18 aliphatic rings. The zero-order chi connectivity index (χ0) is 34.8. The third kappa shape index (κ3) is 2.40. The van der Waals surface area contributed by atoms with Gasteiger partial charge in [0.2, 0.25) is 0 Å². The van der Waals surface area contributed by atoms with Gasteiger partial charge < -0.3 is 0 Å². The number of fused-ring (bicyclic) bond motifs is 10. The molecule has 284 valence electrons. The van der Waals surface area contributed by atoms with E-state index >= 15 is 0 Å². The number of hydrogen-bond acceptors (Lipinski definition) is 1. The van der Waals surface area contributed by atoms with Gasteiger partial charge in [-0.1, -0.05) is 48.5 Å². The standard InChI is InChI=1S/C55H58O/c56-55-25-7-3-1-5-17(25)29(18-6-2-4-8-26(18)55)40-46-38-27-15-13-23-21-11-9-19-20-10-12-22-24-14-16-28-37-35(24)43-33(22)31(20)41-30(19)32(21)42-34(23)36(27)44-48(38)49(39(28)47(40)46)45(37)54-52(43)50(41)51(42)53(44)54/h1-8,19-24,27-54H,9-16H2. The number of benzene rings is 2. The minimum atomic E-state index is 0.315. The van der Waals surface area contributed by atoms with E-state index in [4.69, 9.17) is 0 Å². The Balaban J connectivity index is 0.868. The Hall–Kier alpha value is -1.89. The van der Waals surface area contributed by atoms with Gasteiger partial charge >= 0.3 is 0 Å². The summed E-state index contributed by atoms with van der Waals surface area (Å²) in [5.41, 5.74) is 5.02. The van der Waals surface area contributed by atoms with Gasteiger partial charge in [0.1, 0.15) is 0 Å². The first-order valence-corrected chi connectivity index (χ1v) is 25.5. The third-order valence-corrected chi connectivity index (χ3v) is 27.5. The highest BCUT2D eigenvalue weighted by atomic mass is 16.1. The largest absolute Gasteiger partial charge is 0.289 e. The fourth-order valence-corrected chi connectivity index (χ4v) is 29.0. The Bertz CT molecular complexity index is 2150. The summed E-state index contributed by atoms with van der Waals surface area (Å²) >= 11 is 0. The molecule has 0 spiro atoms. The SMILES string of the molecule is O=C1c2ccccc2C(C2C3C4C5CCC6C7CCC8C9CCC%10C%11CCC%12C(C23)C2C4C3C5C6C4C7C8C5C9C%10C6C%11C%12C2C2C6C5C4C32)c2ccccc21. The van der Waals surface area contributed by atoms with Crippen molar-refractivity contribution < 1.29 is 4.79 Å². The summed E-state index contributed by atoms with van der Waals surface area (Å²) in [6.45, 7) is 0. The average molecular weight is 735 g/mol. The monoisotopic (exact) mass is 734 g/mol. The van der Waals surface area contributed by atoms with Crippen molar-refractivity contribution in [2.75, 3.05) is 0 Å². The fourth-order valence-electron chi connectivity index (χ4n) is 29.0. The molecule has 0 radical (unpaired) electrons. The lowest BCUT2D eigenvalue weighted by Crippen LogP contribution is -2.58. The second-order valence-electron chi connectivity index (χ2n) is 26.0. The zero-order valence-electron chi connectivity index (χ0n) is 32.8. The average Bonchev–Trinajstić information content (AvgIpc) is 3.77. The van der Waals surface area contributed by atoms with E-state index in [2.05, 4.69) is 48.5 Å². The van der Waals surface area contributed by atoms with Crippen molar-refractivity contribution in [1.82, 2.24) is 0 Å². The lowest BCUT2D eigenvalue weighted by molar-refractivity contribution is -0.148. The molecule has 17 fully saturated rings. The number of ketones is 1. The van der Waals surface area contributed by atoms with Gasteiger partial charge in [0.25, 0.3) is 0 Å². The molecule has 30 unspecified atom stereocenters. The Labute approximate surface area is 332 Å². The van der Waals surface area contributed by atoms with Crippen molar-refractivity contribution >= 4 is 5.78 Å². The number of rotatable bonds is 1. The number of hydrogen-bond donors (Lipinski definition) is 0. The number of carbonyl (C=O) groups excluding carboxylic acids is 1. The molecule has 56 heavy (non-hydrogen) atoms. The molecular weight excluding hydrogens is 677 g/mol. The second kappa shape index (κ2) is 8.39. The van der Waals surface area contributed by atoms with Gasteiger partial charge in [-0.25, -0.2) is 0 Å². The molecule has 2 aromatic rings. The van der Waals surface area contributed by atoms with Gasteiger partial charge in [-0.05, 0) is 258 Å². The maximum absolute atomic E-state index is 14.2. The van der Waals surface area contributed by atoms with Crippen molar-refractivity contribution in [2.45, 2.75) is 57.3 Å². The van der Waals surface area contributed by atoms with E-state index in [0.717, 1.165) is 124 Å². The smallest absolute Gasteiger partial charge is 0.193 e. The fraction of sp³-hybridized carbons (Fsp3) is 0.764. The predicted molar refractivity (Wildman–Crippen MR) is 210 cm³/mol. The van der Waals surface area contributed by atoms with E-state index in [1.807, 2.05) is 0 Å². The first-order chi connectivity index (χ1) is 27.8. The molecular formula is C55H58O. The van der Waals surface area contributed by atoms with Gasteiger partial charge in [0.05, 0.1) is 0 Å². The van der Waals surface area contributed by atoms with Gasteiger partial charge in [-0.2, -0.15) is 0 Å². The minimum absolute atomic E-state index is 0.315. The Morgan fingerprint density at radius 3 is 0.857 bits per heavy atom. The van der Waals surface area contributed by atoms with E-state index in [1.165, 1.54) is 94.0 Å². The Morgan fingerprint density at radius 2 is 0.500 bits per heavy atom. The highest BCUT2D eigenvalue weighted by molar-refractivity contribution is 6.12. The third-order valence-electron chi connectivity index (χ3n) is 27.5. The topological polar surface area (TPSA) is 17.1 Å². The summed E-state index contributed by atoms with van der Waals surface area (Å²) in [5, 5.41) is 0. The van der Waals surface area contributed by atoms with Gasteiger partial charge in [0.15, 0.2) is 5.78 Å². The van der Waals surface area contributed by atoms with Crippen LogP contribution in [-0.2, 0) is 0 Å². The van der Waals surface area contributed by atoms with Crippen molar-refractivity contribution in [3.05, 3.63) is 70.8 Å². The van der Waals surface area contributed by atoms with Crippen molar-refractivity contribution in [3.63, 3.8) is 0 Å². The maximum atomic E-state index is 14.2. The summed E-state index contributed by atoms with van der Waals surface area (Å²) in [5.74, 6) is 37.9. The van der Waals surface area contributed by atoms with Crippen LogP contribution in [0.1, 0.15) is 84.3 Å². The maximum Gasteiger partial charge on any atom is 0.193 e. The van der Waals surface area contributed by atoms with E-state index in [1.54, 1.807) is 51.4 Å². The van der Waals surface area contributed by atoms with Crippen LogP contribution < -0.4 is 0 Å². The second-order valence-corrected chi connectivity index (χ2v) is 26.0. The molecule has 0 aliphatic heterocycles. The predicted octanol–water partition coefficient (Wildman–Crippen LogP) is 10.0. The van der Waals surface area contributed by atoms with Crippen LogP contribution in [0.25, 0.3) is 0 Å². The lowest BCUT2D eigenvalue weighted by Gasteiger charge is -2.61. The van der Waals surface area contributed by atoms with Gasteiger partial charge in [-0.3, -0.25) is 4.79 Å². The summed E-state index contributed by atoms with van der Waals surface area (Å²) in [6, 6.07) is 18.3. The first-order valence-electron chi connectivity index (χ1n) is 25.5. The molecule has 0 aromatic heterocycles. The van der Waals surface area contributed by atoms with Crippen LogP contribution >= 0.6 is 0 Å². The molecule has 20 rings (SSSR count). The molecule has 17 saturated carbocycles. The van der Waals surface area contributed by atoms with E-state index < -0.39 is 0 Å². The number of carbonyl (C=O) groups is 1. The summed E-state index contributed by atoms with van der Waals surface area (Å²) in [7, 11) is 0. The van der Waals surface area contributed by atoms with E-state index in [9.17, 15) is 4.79 Å². The Morgan fingerprint density at radius 1 is 0.268 bits per heavy atom. The van der Waals surface area contributed by atoms with Crippen LogP contribution in [0.4, 0.5) is 0 Å². The molecule has 18 aliphatic carbocycles. The normalized spacial score (nSPS) is 71.1. The van der Waals surface area contributed by atoms with Gasteiger partial charge in [0, 0.05) is 17.0 Å². The van der Waals surface area contributed by atoms with Gasteiger partial charge in [-0.15, -0.1) is 0 Å².